The lowest BCUT2D eigenvalue weighted by molar-refractivity contribution is -0.0979. The van der Waals surface area contributed by atoms with Gasteiger partial charge in [0.15, 0.2) is 0 Å². The van der Waals surface area contributed by atoms with Gasteiger partial charge in [-0.05, 0) is 66.1 Å². The summed E-state index contributed by atoms with van der Waals surface area (Å²) in [6.45, 7) is 10.7. The summed E-state index contributed by atoms with van der Waals surface area (Å²) in [5, 5.41) is 0. The van der Waals surface area contributed by atoms with E-state index in [0.717, 1.165) is 30.2 Å². The molecule has 1 saturated heterocycles. The normalized spacial score (nSPS) is 13.8. The number of piperidine rings is 1. The molecule has 0 amide bonds. The van der Waals surface area contributed by atoms with E-state index < -0.39 is 0 Å². The Labute approximate surface area is 192 Å². The van der Waals surface area contributed by atoms with E-state index in [1.54, 1.807) is 0 Å². The first-order valence-electron chi connectivity index (χ1n) is 11.1. The molecule has 0 unspecified atom stereocenters. The molecule has 1 aromatic heterocycles. The van der Waals surface area contributed by atoms with Crippen molar-refractivity contribution in [2.24, 2.45) is 0 Å². The molecular weight excluding hydrogens is 394 g/mol. The number of pyridine rings is 1. The van der Waals surface area contributed by atoms with Gasteiger partial charge in [-0.1, -0.05) is 49.0 Å². The number of rotatable bonds is 5. The predicted octanol–water partition coefficient (Wildman–Crippen LogP) is 5.79. The number of anilines is 1. The van der Waals surface area contributed by atoms with Crippen molar-refractivity contribution in [3.63, 3.8) is 0 Å². The van der Waals surface area contributed by atoms with Crippen LogP contribution < -0.4 is 4.90 Å². The third kappa shape index (κ3) is 5.25. The zero-order chi connectivity index (χ0) is 23.1. The van der Waals surface area contributed by atoms with E-state index in [1.807, 2.05) is 32.0 Å². The molecule has 4 rings (SSSR count). The zero-order valence-electron chi connectivity index (χ0n) is 19.4. The van der Waals surface area contributed by atoms with E-state index in [4.69, 9.17) is 4.79 Å². The molecule has 0 saturated carbocycles. The first-order chi connectivity index (χ1) is 15.5. The van der Waals surface area contributed by atoms with Gasteiger partial charge in [0.1, 0.15) is 12.6 Å². The summed E-state index contributed by atoms with van der Waals surface area (Å²) in [6.07, 6.45) is 4.32. The maximum atomic E-state index is 8.00. The molecule has 166 valence electrons. The van der Waals surface area contributed by atoms with Crippen molar-refractivity contribution in [3.05, 3.63) is 90.1 Å². The lowest BCUT2D eigenvalue weighted by atomic mass is 9.89. The van der Waals surface area contributed by atoms with Gasteiger partial charge in [-0.25, -0.2) is 4.98 Å². The number of aromatic nitrogens is 1. The molecule has 0 radical (unpaired) electrons. The van der Waals surface area contributed by atoms with E-state index in [2.05, 4.69) is 84.1 Å². The summed E-state index contributed by atoms with van der Waals surface area (Å²) in [6, 6.07) is 21.8. The second kappa shape index (κ2) is 10.8. The number of benzene rings is 2. The smallest absolute Gasteiger partial charge is 0.127 e. The van der Waals surface area contributed by atoms with Crippen LogP contribution in [0.1, 0.15) is 35.4 Å². The quantitative estimate of drug-likeness (QED) is 0.516. The average Bonchev–Trinajstić information content (AvgIpc) is 2.86. The molecule has 4 heteroatoms. The predicted molar refractivity (Wildman–Crippen MR) is 135 cm³/mol. The van der Waals surface area contributed by atoms with Crippen LogP contribution in [0.5, 0.6) is 0 Å². The van der Waals surface area contributed by atoms with Gasteiger partial charge in [-0.15, -0.1) is 0 Å². The third-order valence-electron chi connectivity index (χ3n) is 6.24. The fourth-order valence-electron chi connectivity index (χ4n) is 4.31. The molecule has 2 heterocycles. The van der Waals surface area contributed by atoms with Gasteiger partial charge in [-0.3, -0.25) is 0 Å². The number of aryl methyl sites for hydroxylation is 1. The standard InChI is InChI=1S/C27H31N3.CH2O/c1-20-10-11-24(18-26(20)25-12-13-27(28-19-25)29(3)4)21(2)30-16-14-23(15-17-30)22-8-6-5-7-9-22;1-2/h5-13,18-19,23H,2,14-17H2,1,3-4H3;1H2. The number of carbonyl (C=O) groups excluding carboxylic acids is 1. The van der Waals surface area contributed by atoms with Crippen LogP contribution in [0.15, 0.2) is 73.4 Å². The Morgan fingerprint density at radius 3 is 2.28 bits per heavy atom. The van der Waals surface area contributed by atoms with E-state index in [-0.39, 0.29) is 0 Å². The number of nitrogens with zero attached hydrogens (tertiary/aromatic N) is 3. The Hall–Kier alpha value is -3.40. The topological polar surface area (TPSA) is 36.4 Å². The van der Waals surface area contributed by atoms with Gasteiger partial charge >= 0.3 is 0 Å². The monoisotopic (exact) mass is 427 g/mol. The first kappa shape index (κ1) is 23.3. The highest BCUT2D eigenvalue weighted by Crippen LogP contribution is 2.33. The molecule has 4 nitrogen and oxygen atoms in total. The van der Waals surface area contributed by atoms with Crippen LogP contribution in [0.2, 0.25) is 0 Å². The number of carbonyl (C=O) groups is 1. The maximum Gasteiger partial charge on any atom is 0.127 e. The Balaban J connectivity index is 0.00000141. The summed E-state index contributed by atoms with van der Waals surface area (Å²) in [4.78, 5) is 17.1. The van der Waals surface area contributed by atoms with Gasteiger partial charge in [0, 0.05) is 44.6 Å². The molecule has 1 fully saturated rings. The highest BCUT2D eigenvalue weighted by atomic mass is 16.1. The van der Waals surface area contributed by atoms with Crippen LogP contribution in [0.25, 0.3) is 16.8 Å². The Morgan fingerprint density at radius 2 is 1.69 bits per heavy atom. The lowest BCUT2D eigenvalue weighted by Crippen LogP contribution is -2.31. The molecule has 32 heavy (non-hydrogen) atoms. The number of hydrogen-bond donors (Lipinski definition) is 0. The summed E-state index contributed by atoms with van der Waals surface area (Å²) >= 11 is 0. The summed E-state index contributed by atoms with van der Waals surface area (Å²) in [5.74, 6) is 1.63. The highest BCUT2D eigenvalue weighted by molar-refractivity contribution is 5.73. The average molecular weight is 428 g/mol. The highest BCUT2D eigenvalue weighted by Gasteiger charge is 2.22. The first-order valence-corrected chi connectivity index (χ1v) is 11.1. The van der Waals surface area contributed by atoms with Crippen molar-refractivity contribution in [2.75, 3.05) is 32.1 Å². The fraction of sp³-hybridized carbons (Fsp3) is 0.286. The maximum absolute atomic E-state index is 8.00. The van der Waals surface area contributed by atoms with Crippen LogP contribution >= 0.6 is 0 Å². The number of hydrogen-bond acceptors (Lipinski definition) is 4. The van der Waals surface area contributed by atoms with Crippen LogP contribution in [0, 0.1) is 6.92 Å². The zero-order valence-corrected chi connectivity index (χ0v) is 19.4. The lowest BCUT2D eigenvalue weighted by Gasteiger charge is -2.35. The minimum absolute atomic E-state index is 0.658. The summed E-state index contributed by atoms with van der Waals surface area (Å²) in [7, 11) is 4.03. The molecule has 0 aliphatic carbocycles. The molecule has 0 spiro atoms. The fourth-order valence-corrected chi connectivity index (χ4v) is 4.31. The van der Waals surface area contributed by atoms with Crippen molar-refractivity contribution in [2.45, 2.75) is 25.7 Å². The molecule has 1 aliphatic rings. The van der Waals surface area contributed by atoms with Gasteiger partial charge in [0.2, 0.25) is 0 Å². The second-order valence-corrected chi connectivity index (χ2v) is 8.45. The molecule has 3 aromatic rings. The van der Waals surface area contributed by atoms with Crippen molar-refractivity contribution < 1.29 is 4.79 Å². The van der Waals surface area contributed by atoms with Crippen molar-refractivity contribution in [1.82, 2.24) is 9.88 Å². The van der Waals surface area contributed by atoms with Gasteiger partial charge in [0.05, 0.1) is 0 Å². The minimum Gasteiger partial charge on any atom is -0.371 e. The Morgan fingerprint density at radius 1 is 1.00 bits per heavy atom. The molecule has 0 N–H and O–H groups in total. The van der Waals surface area contributed by atoms with E-state index in [0.29, 0.717) is 5.92 Å². The molecule has 2 aromatic carbocycles. The van der Waals surface area contributed by atoms with E-state index in [9.17, 15) is 0 Å². The minimum atomic E-state index is 0.658. The SMILES string of the molecule is C=C(c1ccc(C)c(-c2ccc(N(C)C)nc2)c1)N1CCC(c2ccccc2)CC1.C=O. The van der Waals surface area contributed by atoms with Crippen molar-refractivity contribution in [1.29, 1.82) is 0 Å². The van der Waals surface area contributed by atoms with Crippen LogP contribution in [-0.2, 0) is 4.79 Å². The Bertz CT molecular complexity index is 1020. The molecule has 0 atom stereocenters. The van der Waals surface area contributed by atoms with Crippen LogP contribution in [-0.4, -0.2) is 43.9 Å². The van der Waals surface area contributed by atoms with Crippen molar-refractivity contribution >= 4 is 18.3 Å². The molecule has 0 bridgehead atoms. The molecule has 1 aliphatic heterocycles. The second-order valence-electron chi connectivity index (χ2n) is 8.45. The van der Waals surface area contributed by atoms with Gasteiger partial charge in [0.25, 0.3) is 0 Å². The van der Waals surface area contributed by atoms with Crippen LogP contribution in [0.3, 0.4) is 0 Å². The number of likely N-dealkylation sites (tertiary alicyclic amines) is 1. The summed E-state index contributed by atoms with van der Waals surface area (Å²) in [5.41, 5.74) is 7.43. The Kier molecular flexibility index (Phi) is 7.82. The van der Waals surface area contributed by atoms with E-state index >= 15 is 0 Å². The van der Waals surface area contributed by atoms with Crippen molar-refractivity contribution in [3.8, 4) is 11.1 Å². The van der Waals surface area contributed by atoms with E-state index in [1.165, 1.54) is 35.1 Å². The van der Waals surface area contributed by atoms with Gasteiger partial charge < -0.3 is 14.6 Å². The van der Waals surface area contributed by atoms with Crippen LogP contribution in [0.4, 0.5) is 5.82 Å². The largest absolute Gasteiger partial charge is 0.371 e. The van der Waals surface area contributed by atoms with Gasteiger partial charge in [-0.2, -0.15) is 0 Å². The molecular formula is C28H33N3O. The third-order valence-corrected chi connectivity index (χ3v) is 6.24. The summed E-state index contributed by atoms with van der Waals surface area (Å²) < 4.78 is 0.